The molecule has 0 saturated carbocycles. The van der Waals surface area contributed by atoms with Crippen LogP contribution >= 0.6 is 0 Å². The van der Waals surface area contributed by atoms with E-state index < -0.39 is 6.10 Å². The average Bonchev–Trinajstić information content (AvgIpc) is 2.55. The van der Waals surface area contributed by atoms with Crippen molar-refractivity contribution in [2.45, 2.75) is 12.5 Å². The number of ether oxygens (including phenoxy) is 1. The van der Waals surface area contributed by atoms with E-state index in [9.17, 15) is 5.11 Å². The fraction of sp³-hybridized carbons (Fsp3) is 0.176. The van der Waals surface area contributed by atoms with Gasteiger partial charge in [-0.2, -0.15) is 0 Å². The summed E-state index contributed by atoms with van der Waals surface area (Å²) in [5.74, 6) is 0.572. The molecule has 0 amide bonds. The quantitative estimate of drug-likeness (QED) is 0.798. The maximum Gasteiger partial charge on any atom is 0.212 e. The minimum atomic E-state index is -0.590. The first-order valence-electron chi connectivity index (χ1n) is 6.78. The molecule has 0 spiro atoms. The summed E-state index contributed by atoms with van der Waals surface area (Å²) >= 11 is 0. The summed E-state index contributed by atoms with van der Waals surface area (Å²) in [6.07, 6.45) is 3.40. The third-order valence-corrected chi connectivity index (χ3v) is 3.47. The van der Waals surface area contributed by atoms with Crippen LogP contribution in [0, 0.1) is 0 Å². The number of hydrogen-bond acceptors (Lipinski definition) is 4. The lowest BCUT2D eigenvalue weighted by atomic mass is 9.98. The summed E-state index contributed by atoms with van der Waals surface area (Å²) < 4.78 is 5.03. The first-order chi connectivity index (χ1) is 10.3. The van der Waals surface area contributed by atoms with Crippen molar-refractivity contribution in [1.29, 1.82) is 0 Å². The van der Waals surface area contributed by atoms with Crippen LogP contribution in [0.4, 0.5) is 0 Å². The largest absolute Gasteiger partial charge is 0.481 e. The van der Waals surface area contributed by atoms with Gasteiger partial charge in [-0.05, 0) is 23.3 Å². The van der Waals surface area contributed by atoms with E-state index in [-0.39, 0.29) is 0 Å². The Kier molecular flexibility index (Phi) is 3.79. The first-order valence-corrected chi connectivity index (χ1v) is 6.78. The van der Waals surface area contributed by atoms with Crippen molar-refractivity contribution in [3.05, 3.63) is 66.0 Å². The molecule has 1 N–H and O–H groups in total. The van der Waals surface area contributed by atoms with Crippen LogP contribution in [-0.2, 0) is 6.42 Å². The molecule has 4 heteroatoms. The Morgan fingerprint density at radius 3 is 2.76 bits per heavy atom. The molecule has 3 rings (SSSR count). The van der Waals surface area contributed by atoms with E-state index in [0.717, 1.165) is 22.0 Å². The van der Waals surface area contributed by atoms with E-state index in [1.807, 2.05) is 36.4 Å². The van der Waals surface area contributed by atoms with Gasteiger partial charge in [-0.1, -0.05) is 24.3 Å². The molecule has 0 radical (unpaired) electrons. The number of benzene rings is 1. The zero-order chi connectivity index (χ0) is 14.7. The van der Waals surface area contributed by atoms with Crippen LogP contribution in [-0.4, -0.2) is 22.2 Å². The molecule has 4 nitrogen and oxygen atoms in total. The van der Waals surface area contributed by atoms with E-state index in [4.69, 9.17) is 4.74 Å². The second-order valence-corrected chi connectivity index (χ2v) is 4.85. The van der Waals surface area contributed by atoms with Crippen molar-refractivity contribution in [2.24, 2.45) is 0 Å². The van der Waals surface area contributed by atoms with E-state index >= 15 is 0 Å². The topological polar surface area (TPSA) is 55.2 Å². The van der Waals surface area contributed by atoms with Gasteiger partial charge in [0.1, 0.15) is 0 Å². The van der Waals surface area contributed by atoms with E-state index in [1.165, 1.54) is 0 Å². The van der Waals surface area contributed by atoms with Gasteiger partial charge in [0.25, 0.3) is 0 Å². The lowest BCUT2D eigenvalue weighted by Crippen LogP contribution is -2.03. The monoisotopic (exact) mass is 280 g/mol. The lowest BCUT2D eigenvalue weighted by molar-refractivity contribution is 0.180. The van der Waals surface area contributed by atoms with Gasteiger partial charge in [-0.25, -0.2) is 4.98 Å². The molecule has 2 heterocycles. The fourth-order valence-corrected chi connectivity index (χ4v) is 2.40. The molecule has 0 fully saturated rings. The Morgan fingerprint density at radius 2 is 2.00 bits per heavy atom. The van der Waals surface area contributed by atoms with E-state index in [2.05, 4.69) is 9.97 Å². The molecule has 3 aromatic rings. The Labute approximate surface area is 123 Å². The highest BCUT2D eigenvalue weighted by Crippen LogP contribution is 2.25. The molecule has 0 aliphatic heterocycles. The summed E-state index contributed by atoms with van der Waals surface area (Å²) in [6.45, 7) is 0. The highest BCUT2D eigenvalue weighted by atomic mass is 16.5. The number of rotatable bonds is 4. The molecule has 0 bridgehead atoms. The van der Waals surface area contributed by atoms with Crippen LogP contribution in [0.15, 0.2) is 54.9 Å². The molecule has 0 aliphatic rings. The number of aromatic nitrogens is 2. The number of fused-ring (bicyclic) bond motifs is 1. The van der Waals surface area contributed by atoms with Gasteiger partial charge in [0.2, 0.25) is 5.88 Å². The molecule has 0 saturated heterocycles. The molecule has 0 aliphatic carbocycles. The minimum absolute atomic E-state index is 0.505. The summed E-state index contributed by atoms with van der Waals surface area (Å²) in [5, 5.41) is 11.5. The van der Waals surface area contributed by atoms with Gasteiger partial charge in [0.05, 0.1) is 18.7 Å². The average molecular weight is 280 g/mol. The van der Waals surface area contributed by atoms with Crippen molar-refractivity contribution in [3.8, 4) is 5.88 Å². The third-order valence-electron chi connectivity index (χ3n) is 3.47. The van der Waals surface area contributed by atoms with Gasteiger partial charge in [0.15, 0.2) is 0 Å². The van der Waals surface area contributed by atoms with Crippen molar-refractivity contribution in [1.82, 2.24) is 9.97 Å². The summed E-state index contributed by atoms with van der Waals surface area (Å²) in [6, 6.07) is 13.4. The molecule has 1 aromatic carbocycles. The van der Waals surface area contributed by atoms with Crippen molar-refractivity contribution in [3.63, 3.8) is 0 Å². The SMILES string of the molecule is COc1ccc(CC(O)c2cccc3ncccc23)cn1. The maximum atomic E-state index is 10.5. The van der Waals surface area contributed by atoms with Crippen LogP contribution in [0.3, 0.4) is 0 Å². The van der Waals surface area contributed by atoms with Crippen molar-refractivity contribution >= 4 is 10.9 Å². The van der Waals surface area contributed by atoms with Crippen LogP contribution < -0.4 is 4.74 Å². The summed E-state index contributed by atoms with van der Waals surface area (Å²) in [4.78, 5) is 8.47. The van der Waals surface area contributed by atoms with Crippen LogP contribution in [0.25, 0.3) is 10.9 Å². The van der Waals surface area contributed by atoms with E-state index in [0.29, 0.717) is 12.3 Å². The smallest absolute Gasteiger partial charge is 0.212 e. The number of aliphatic hydroxyl groups excluding tert-OH is 1. The first kappa shape index (κ1) is 13.5. The van der Waals surface area contributed by atoms with Crippen molar-refractivity contribution < 1.29 is 9.84 Å². The standard InChI is InChI=1S/C17H16N2O2/c1-21-17-8-7-12(11-19-17)10-16(20)14-4-2-6-15-13(14)5-3-9-18-15/h2-9,11,16,20H,10H2,1H3. The molecular formula is C17H16N2O2. The molecule has 1 unspecified atom stereocenters. The van der Waals surface area contributed by atoms with E-state index in [1.54, 1.807) is 25.6 Å². The predicted octanol–water partition coefficient (Wildman–Crippen LogP) is 2.91. The van der Waals surface area contributed by atoms with Crippen molar-refractivity contribution in [2.75, 3.05) is 7.11 Å². The molecule has 1 atom stereocenters. The second-order valence-electron chi connectivity index (χ2n) is 4.85. The Hall–Kier alpha value is -2.46. The van der Waals surface area contributed by atoms with Gasteiger partial charge < -0.3 is 9.84 Å². The molecule has 21 heavy (non-hydrogen) atoms. The van der Waals surface area contributed by atoms with Gasteiger partial charge in [-0.15, -0.1) is 0 Å². The van der Waals surface area contributed by atoms with Gasteiger partial charge >= 0.3 is 0 Å². The third kappa shape index (κ3) is 2.85. The predicted molar refractivity (Wildman–Crippen MR) is 81.2 cm³/mol. The number of nitrogens with zero attached hydrogens (tertiary/aromatic N) is 2. The Morgan fingerprint density at radius 1 is 1.10 bits per heavy atom. The van der Waals surface area contributed by atoms with Crippen LogP contribution in [0.5, 0.6) is 5.88 Å². The number of methoxy groups -OCH3 is 1. The fourth-order valence-electron chi connectivity index (χ4n) is 2.40. The molecular weight excluding hydrogens is 264 g/mol. The highest BCUT2D eigenvalue weighted by molar-refractivity contribution is 5.82. The zero-order valence-electron chi connectivity index (χ0n) is 11.7. The normalized spacial score (nSPS) is 12.3. The summed E-state index contributed by atoms with van der Waals surface area (Å²) in [5.41, 5.74) is 2.74. The van der Waals surface area contributed by atoms with Crippen LogP contribution in [0.1, 0.15) is 17.2 Å². The summed E-state index contributed by atoms with van der Waals surface area (Å²) in [7, 11) is 1.58. The molecule has 2 aromatic heterocycles. The lowest BCUT2D eigenvalue weighted by Gasteiger charge is -2.13. The number of pyridine rings is 2. The minimum Gasteiger partial charge on any atom is -0.481 e. The number of aliphatic hydroxyl groups is 1. The molecule has 106 valence electrons. The van der Waals surface area contributed by atoms with Gasteiger partial charge in [-0.3, -0.25) is 4.98 Å². The maximum absolute atomic E-state index is 10.5. The zero-order valence-corrected chi connectivity index (χ0v) is 11.7. The Balaban J connectivity index is 1.88. The van der Waals surface area contributed by atoms with Gasteiger partial charge in [0, 0.05) is 30.3 Å². The highest BCUT2D eigenvalue weighted by Gasteiger charge is 2.12. The second kappa shape index (κ2) is 5.89. The Bertz CT molecular complexity index is 736. The van der Waals surface area contributed by atoms with Crippen LogP contribution in [0.2, 0.25) is 0 Å². The number of hydrogen-bond donors (Lipinski definition) is 1.